The SMILES string of the molecule is Cc1ccc(C2(CN)CCCC2)nc1. The van der Waals surface area contributed by atoms with Crippen molar-refractivity contribution in [2.75, 3.05) is 6.54 Å². The van der Waals surface area contributed by atoms with Gasteiger partial charge in [-0.15, -0.1) is 0 Å². The molecule has 0 radical (unpaired) electrons. The Morgan fingerprint density at radius 2 is 2.07 bits per heavy atom. The summed E-state index contributed by atoms with van der Waals surface area (Å²) >= 11 is 0. The minimum absolute atomic E-state index is 0.188. The molecule has 14 heavy (non-hydrogen) atoms. The number of hydrogen-bond donors (Lipinski definition) is 1. The molecule has 0 aliphatic heterocycles. The maximum atomic E-state index is 5.90. The second-order valence-corrected chi connectivity index (χ2v) is 4.41. The molecule has 0 unspecified atom stereocenters. The molecule has 1 aromatic heterocycles. The highest BCUT2D eigenvalue weighted by Crippen LogP contribution is 2.39. The summed E-state index contributed by atoms with van der Waals surface area (Å²) < 4.78 is 0. The fraction of sp³-hybridized carbons (Fsp3) is 0.583. The number of nitrogens with zero attached hydrogens (tertiary/aromatic N) is 1. The molecule has 0 bridgehead atoms. The van der Waals surface area contributed by atoms with Crippen LogP contribution in [0.15, 0.2) is 18.3 Å². The van der Waals surface area contributed by atoms with Crippen molar-refractivity contribution in [3.8, 4) is 0 Å². The Balaban J connectivity index is 2.31. The van der Waals surface area contributed by atoms with Gasteiger partial charge in [0.1, 0.15) is 0 Å². The topological polar surface area (TPSA) is 38.9 Å². The zero-order valence-electron chi connectivity index (χ0n) is 8.79. The molecule has 0 aromatic carbocycles. The van der Waals surface area contributed by atoms with Crippen LogP contribution in [0, 0.1) is 6.92 Å². The zero-order chi connectivity index (χ0) is 10.0. The van der Waals surface area contributed by atoms with E-state index in [1.54, 1.807) is 0 Å². The molecule has 0 amide bonds. The van der Waals surface area contributed by atoms with Crippen molar-refractivity contribution in [1.29, 1.82) is 0 Å². The van der Waals surface area contributed by atoms with Gasteiger partial charge in [-0.05, 0) is 31.4 Å². The minimum Gasteiger partial charge on any atom is -0.330 e. The summed E-state index contributed by atoms with van der Waals surface area (Å²) in [6.07, 6.45) is 6.96. The maximum Gasteiger partial charge on any atom is 0.0478 e. The Morgan fingerprint density at radius 1 is 1.36 bits per heavy atom. The number of aromatic nitrogens is 1. The predicted octanol–water partition coefficient (Wildman–Crippen LogP) is 2.16. The van der Waals surface area contributed by atoms with Crippen LogP contribution in [0.25, 0.3) is 0 Å². The second kappa shape index (κ2) is 3.70. The molecule has 0 spiro atoms. The lowest BCUT2D eigenvalue weighted by Gasteiger charge is -2.26. The summed E-state index contributed by atoms with van der Waals surface area (Å²) in [5, 5.41) is 0. The average Bonchev–Trinajstić information content (AvgIpc) is 2.68. The monoisotopic (exact) mass is 190 g/mol. The highest BCUT2D eigenvalue weighted by molar-refractivity contribution is 5.22. The van der Waals surface area contributed by atoms with Crippen LogP contribution in [0.3, 0.4) is 0 Å². The first-order chi connectivity index (χ1) is 6.77. The zero-order valence-corrected chi connectivity index (χ0v) is 8.79. The molecule has 2 rings (SSSR count). The Bertz CT molecular complexity index is 297. The van der Waals surface area contributed by atoms with Crippen molar-refractivity contribution in [3.63, 3.8) is 0 Å². The molecule has 1 aliphatic rings. The van der Waals surface area contributed by atoms with Gasteiger partial charge in [-0.1, -0.05) is 18.9 Å². The van der Waals surface area contributed by atoms with E-state index in [4.69, 9.17) is 5.73 Å². The van der Waals surface area contributed by atoms with Gasteiger partial charge in [-0.3, -0.25) is 4.98 Å². The van der Waals surface area contributed by atoms with Gasteiger partial charge in [0.25, 0.3) is 0 Å². The Labute approximate surface area is 85.5 Å². The summed E-state index contributed by atoms with van der Waals surface area (Å²) in [5.74, 6) is 0. The van der Waals surface area contributed by atoms with E-state index < -0.39 is 0 Å². The lowest BCUT2D eigenvalue weighted by molar-refractivity contribution is 0.439. The molecule has 0 atom stereocenters. The van der Waals surface area contributed by atoms with Gasteiger partial charge in [0.2, 0.25) is 0 Å². The number of nitrogens with two attached hydrogens (primary N) is 1. The molecular formula is C12H18N2. The van der Waals surface area contributed by atoms with Gasteiger partial charge < -0.3 is 5.73 Å². The van der Waals surface area contributed by atoms with Crippen LogP contribution in [0.2, 0.25) is 0 Å². The van der Waals surface area contributed by atoms with Gasteiger partial charge in [0.05, 0.1) is 0 Å². The summed E-state index contributed by atoms with van der Waals surface area (Å²) in [6.45, 7) is 2.81. The number of rotatable bonds is 2. The first kappa shape index (κ1) is 9.66. The van der Waals surface area contributed by atoms with E-state index in [1.807, 2.05) is 6.20 Å². The predicted molar refractivity (Wildman–Crippen MR) is 58.2 cm³/mol. The third-order valence-electron chi connectivity index (χ3n) is 3.41. The number of hydrogen-bond acceptors (Lipinski definition) is 2. The Morgan fingerprint density at radius 3 is 2.57 bits per heavy atom. The van der Waals surface area contributed by atoms with Gasteiger partial charge in [-0.25, -0.2) is 0 Å². The fourth-order valence-corrected chi connectivity index (χ4v) is 2.40. The van der Waals surface area contributed by atoms with Crippen LogP contribution in [0.1, 0.15) is 36.9 Å². The highest BCUT2D eigenvalue weighted by Gasteiger charge is 2.35. The van der Waals surface area contributed by atoms with Gasteiger partial charge in [0, 0.05) is 23.9 Å². The van der Waals surface area contributed by atoms with Crippen molar-refractivity contribution in [3.05, 3.63) is 29.6 Å². The highest BCUT2D eigenvalue weighted by atomic mass is 14.7. The molecule has 1 fully saturated rings. The van der Waals surface area contributed by atoms with Crippen molar-refractivity contribution in [1.82, 2.24) is 4.98 Å². The molecule has 2 heteroatoms. The van der Waals surface area contributed by atoms with E-state index in [0.29, 0.717) is 0 Å². The first-order valence-electron chi connectivity index (χ1n) is 5.40. The molecule has 1 aromatic rings. The molecule has 2 nitrogen and oxygen atoms in total. The quantitative estimate of drug-likeness (QED) is 0.776. The van der Waals surface area contributed by atoms with Gasteiger partial charge in [0.15, 0.2) is 0 Å². The van der Waals surface area contributed by atoms with Crippen LogP contribution in [-0.2, 0) is 5.41 Å². The smallest absolute Gasteiger partial charge is 0.0478 e. The third-order valence-corrected chi connectivity index (χ3v) is 3.41. The van der Waals surface area contributed by atoms with Gasteiger partial charge >= 0.3 is 0 Å². The molecule has 76 valence electrons. The van der Waals surface area contributed by atoms with Crippen LogP contribution in [-0.4, -0.2) is 11.5 Å². The normalized spacial score (nSPS) is 19.9. The fourth-order valence-electron chi connectivity index (χ4n) is 2.40. The summed E-state index contributed by atoms with van der Waals surface area (Å²) in [6, 6.07) is 4.28. The summed E-state index contributed by atoms with van der Waals surface area (Å²) in [4.78, 5) is 4.52. The van der Waals surface area contributed by atoms with E-state index >= 15 is 0 Å². The van der Waals surface area contributed by atoms with Crippen molar-refractivity contribution in [2.24, 2.45) is 5.73 Å². The van der Waals surface area contributed by atoms with E-state index in [0.717, 1.165) is 6.54 Å². The lowest BCUT2D eigenvalue weighted by atomic mass is 9.82. The first-order valence-corrected chi connectivity index (χ1v) is 5.40. The molecule has 1 aliphatic carbocycles. The maximum absolute atomic E-state index is 5.90. The van der Waals surface area contributed by atoms with E-state index in [2.05, 4.69) is 24.0 Å². The second-order valence-electron chi connectivity index (χ2n) is 4.41. The molecule has 2 N–H and O–H groups in total. The molecule has 1 heterocycles. The van der Waals surface area contributed by atoms with E-state index in [9.17, 15) is 0 Å². The lowest BCUT2D eigenvalue weighted by Crippen LogP contribution is -2.32. The standard InChI is InChI=1S/C12H18N2/c1-10-4-5-11(14-8-10)12(9-13)6-2-3-7-12/h4-5,8H,2-3,6-7,9,13H2,1H3. The summed E-state index contributed by atoms with van der Waals surface area (Å²) in [5.41, 5.74) is 8.51. The Kier molecular flexibility index (Phi) is 2.55. The summed E-state index contributed by atoms with van der Waals surface area (Å²) in [7, 11) is 0. The Hall–Kier alpha value is -0.890. The molecule has 1 saturated carbocycles. The van der Waals surface area contributed by atoms with Gasteiger partial charge in [-0.2, -0.15) is 0 Å². The molecular weight excluding hydrogens is 172 g/mol. The third kappa shape index (κ3) is 1.55. The van der Waals surface area contributed by atoms with Crippen LogP contribution >= 0.6 is 0 Å². The van der Waals surface area contributed by atoms with Crippen molar-refractivity contribution in [2.45, 2.75) is 38.0 Å². The number of aryl methyl sites for hydroxylation is 1. The van der Waals surface area contributed by atoms with Crippen molar-refractivity contribution >= 4 is 0 Å². The number of pyridine rings is 1. The average molecular weight is 190 g/mol. The van der Waals surface area contributed by atoms with Crippen LogP contribution in [0.5, 0.6) is 0 Å². The minimum atomic E-state index is 0.188. The van der Waals surface area contributed by atoms with Crippen LogP contribution < -0.4 is 5.73 Å². The van der Waals surface area contributed by atoms with E-state index in [1.165, 1.54) is 36.9 Å². The van der Waals surface area contributed by atoms with Crippen molar-refractivity contribution < 1.29 is 0 Å². The van der Waals surface area contributed by atoms with Crippen LogP contribution in [0.4, 0.5) is 0 Å². The van der Waals surface area contributed by atoms with E-state index in [-0.39, 0.29) is 5.41 Å². The molecule has 0 saturated heterocycles. The largest absolute Gasteiger partial charge is 0.330 e.